The fourth-order valence-electron chi connectivity index (χ4n) is 4.93. The number of benzene rings is 2. The van der Waals surface area contributed by atoms with Gasteiger partial charge in [-0.1, -0.05) is 18.2 Å². The topological polar surface area (TPSA) is 79.3 Å². The molecule has 3 aliphatic heterocycles. The molecule has 0 aromatic heterocycles. The van der Waals surface area contributed by atoms with Crippen LogP contribution in [0.1, 0.15) is 29.7 Å². The number of amides is 1. The highest BCUT2D eigenvalue weighted by Gasteiger charge is 2.47. The molecule has 5 rings (SSSR count). The van der Waals surface area contributed by atoms with E-state index in [1.54, 1.807) is 36.4 Å². The molecule has 1 amide bonds. The van der Waals surface area contributed by atoms with Crippen molar-refractivity contribution in [3.05, 3.63) is 70.5 Å². The third-order valence-corrected chi connectivity index (χ3v) is 6.67. The Bertz CT molecular complexity index is 1160. The Hall–Kier alpha value is -3.23. The molecule has 3 aliphatic rings. The molecular formula is C26H27FN2O5. The smallest absolute Gasteiger partial charge is 0.295 e. The zero-order valence-electron chi connectivity index (χ0n) is 19.0. The minimum atomic E-state index is -1.01. The Morgan fingerprint density at radius 2 is 1.88 bits per heavy atom. The van der Waals surface area contributed by atoms with Gasteiger partial charge in [0.15, 0.2) is 0 Å². The molecule has 34 heavy (non-hydrogen) atoms. The number of carbonyl (C=O) groups is 2. The van der Waals surface area contributed by atoms with Crippen LogP contribution in [0.5, 0.6) is 5.75 Å². The highest BCUT2D eigenvalue weighted by Crippen LogP contribution is 2.41. The number of hydrogen-bond donors (Lipinski definition) is 1. The van der Waals surface area contributed by atoms with Crippen LogP contribution in [0.2, 0.25) is 0 Å². The zero-order valence-corrected chi connectivity index (χ0v) is 19.0. The molecule has 2 atom stereocenters. The fraction of sp³-hybridized carbons (Fsp3) is 0.385. The number of morpholine rings is 1. The number of rotatable bonds is 5. The molecule has 2 aromatic rings. The standard InChI is InChI=1S/C26H27FN2O5/c1-16-14-18-15-17(6-7-21(18)34-16)24(30)22-23(19-4-2-3-5-20(19)27)29(26(32)25(22)31)9-8-28-10-12-33-13-11-28/h2-7,15-16,23,30H,8-14H2,1H3/t16-,23-/m0/s1. The highest BCUT2D eigenvalue weighted by molar-refractivity contribution is 6.46. The molecule has 8 heteroatoms. The van der Waals surface area contributed by atoms with Gasteiger partial charge in [0.1, 0.15) is 23.4 Å². The Balaban J connectivity index is 1.54. The molecule has 0 bridgehead atoms. The summed E-state index contributed by atoms with van der Waals surface area (Å²) in [4.78, 5) is 29.8. The number of aliphatic hydroxyl groups is 1. The second-order valence-corrected chi connectivity index (χ2v) is 8.92. The molecule has 0 spiro atoms. The maximum Gasteiger partial charge on any atom is 0.295 e. The third kappa shape index (κ3) is 4.08. The van der Waals surface area contributed by atoms with Crippen molar-refractivity contribution in [2.75, 3.05) is 39.4 Å². The lowest BCUT2D eigenvalue weighted by Gasteiger charge is -2.31. The number of fused-ring (bicyclic) bond motifs is 1. The largest absolute Gasteiger partial charge is 0.507 e. The number of carbonyl (C=O) groups excluding carboxylic acids is 2. The molecule has 2 fully saturated rings. The zero-order chi connectivity index (χ0) is 23.8. The van der Waals surface area contributed by atoms with E-state index < -0.39 is 23.5 Å². The quantitative estimate of drug-likeness (QED) is 0.415. The Morgan fingerprint density at radius 1 is 1.12 bits per heavy atom. The average Bonchev–Trinajstić information content (AvgIpc) is 3.33. The van der Waals surface area contributed by atoms with Crippen LogP contribution in [0, 0.1) is 5.82 Å². The molecule has 178 valence electrons. The Kier molecular flexibility index (Phi) is 6.10. The first kappa shape index (κ1) is 22.6. The molecule has 3 heterocycles. The van der Waals surface area contributed by atoms with Crippen LogP contribution >= 0.6 is 0 Å². The summed E-state index contributed by atoms with van der Waals surface area (Å²) in [7, 11) is 0. The van der Waals surface area contributed by atoms with Crippen molar-refractivity contribution < 1.29 is 28.6 Å². The van der Waals surface area contributed by atoms with Gasteiger partial charge in [0.05, 0.1) is 24.8 Å². The van der Waals surface area contributed by atoms with Crippen molar-refractivity contribution in [3.63, 3.8) is 0 Å². The number of nitrogens with zero attached hydrogens (tertiary/aromatic N) is 2. The van der Waals surface area contributed by atoms with E-state index in [2.05, 4.69) is 4.90 Å². The van der Waals surface area contributed by atoms with Gasteiger partial charge in [-0.25, -0.2) is 4.39 Å². The second-order valence-electron chi connectivity index (χ2n) is 8.92. The molecule has 2 saturated heterocycles. The summed E-state index contributed by atoms with van der Waals surface area (Å²) in [6.45, 7) is 5.38. The van der Waals surface area contributed by atoms with E-state index in [9.17, 15) is 19.1 Å². The summed E-state index contributed by atoms with van der Waals surface area (Å²) >= 11 is 0. The van der Waals surface area contributed by atoms with E-state index in [-0.39, 0.29) is 29.5 Å². The average molecular weight is 467 g/mol. The van der Waals surface area contributed by atoms with Crippen LogP contribution in [0.25, 0.3) is 5.76 Å². The van der Waals surface area contributed by atoms with Crippen LogP contribution in [0.4, 0.5) is 4.39 Å². The molecule has 0 saturated carbocycles. The van der Waals surface area contributed by atoms with E-state index in [4.69, 9.17) is 9.47 Å². The number of ketones is 1. The summed E-state index contributed by atoms with van der Waals surface area (Å²) < 4.78 is 26.0. The van der Waals surface area contributed by atoms with Gasteiger partial charge < -0.3 is 19.5 Å². The fourth-order valence-corrected chi connectivity index (χ4v) is 4.93. The SMILES string of the molecule is C[C@H]1Cc2cc(C(O)=C3C(=O)C(=O)N(CCN4CCOCC4)[C@H]3c3ccccc3F)ccc2O1. The van der Waals surface area contributed by atoms with Crippen molar-refractivity contribution in [2.24, 2.45) is 0 Å². The van der Waals surface area contributed by atoms with E-state index in [1.807, 2.05) is 6.92 Å². The number of likely N-dealkylation sites (tertiary alicyclic amines) is 1. The van der Waals surface area contributed by atoms with Gasteiger partial charge in [-0.3, -0.25) is 14.5 Å². The first-order chi connectivity index (χ1) is 16.4. The van der Waals surface area contributed by atoms with Crippen molar-refractivity contribution in [1.29, 1.82) is 0 Å². The van der Waals surface area contributed by atoms with Crippen LogP contribution in [0.15, 0.2) is 48.0 Å². The summed E-state index contributed by atoms with van der Waals surface area (Å²) in [5.74, 6) is -1.64. The first-order valence-electron chi connectivity index (χ1n) is 11.6. The molecule has 0 radical (unpaired) electrons. The van der Waals surface area contributed by atoms with Gasteiger partial charge in [-0.05, 0) is 36.8 Å². The van der Waals surface area contributed by atoms with E-state index in [0.29, 0.717) is 31.7 Å². The maximum absolute atomic E-state index is 14.9. The number of halogens is 1. The number of aliphatic hydroxyl groups excluding tert-OH is 1. The van der Waals surface area contributed by atoms with Crippen molar-refractivity contribution >= 4 is 17.4 Å². The van der Waals surface area contributed by atoms with Crippen LogP contribution in [-0.4, -0.2) is 72.1 Å². The van der Waals surface area contributed by atoms with Gasteiger partial charge in [0.25, 0.3) is 11.7 Å². The molecule has 1 N–H and O–H groups in total. The number of ether oxygens (including phenoxy) is 2. The highest BCUT2D eigenvalue weighted by atomic mass is 19.1. The molecule has 2 aromatic carbocycles. The Labute approximate surface area is 197 Å². The maximum atomic E-state index is 14.9. The monoisotopic (exact) mass is 466 g/mol. The predicted molar refractivity (Wildman–Crippen MR) is 123 cm³/mol. The lowest BCUT2D eigenvalue weighted by atomic mass is 9.94. The molecular weight excluding hydrogens is 439 g/mol. The molecule has 0 unspecified atom stereocenters. The molecule has 0 aliphatic carbocycles. The minimum absolute atomic E-state index is 0.0246. The predicted octanol–water partition coefficient (Wildman–Crippen LogP) is 2.90. The van der Waals surface area contributed by atoms with Crippen molar-refractivity contribution in [2.45, 2.75) is 25.5 Å². The van der Waals surface area contributed by atoms with Gasteiger partial charge >= 0.3 is 0 Å². The summed E-state index contributed by atoms with van der Waals surface area (Å²) in [5, 5.41) is 11.3. The second kappa shape index (κ2) is 9.19. The van der Waals surface area contributed by atoms with Gasteiger partial charge in [-0.2, -0.15) is 0 Å². The minimum Gasteiger partial charge on any atom is -0.507 e. The van der Waals surface area contributed by atoms with Crippen LogP contribution in [-0.2, 0) is 20.7 Å². The van der Waals surface area contributed by atoms with Gasteiger partial charge in [0, 0.05) is 43.7 Å². The number of Topliss-reactive ketones (excluding diaryl/α,β-unsaturated/α-hetero) is 1. The van der Waals surface area contributed by atoms with Crippen LogP contribution in [0.3, 0.4) is 0 Å². The van der Waals surface area contributed by atoms with Crippen molar-refractivity contribution in [3.8, 4) is 5.75 Å². The lowest BCUT2D eigenvalue weighted by molar-refractivity contribution is -0.140. The van der Waals surface area contributed by atoms with Gasteiger partial charge in [0.2, 0.25) is 0 Å². The normalized spacial score (nSPS) is 24.4. The summed E-state index contributed by atoms with van der Waals surface area (Å²) in [5.41, 5.74) is 1.41. The third-order valence-electron chi connectivity index (χ3n) is 6.67. The van der Waals surface area contributed by atoms with E-state index >= 15 is 0 Å². The van der Waals surface area contributed by atoms with E-state index in [0.717, 1.165) is 24.4 Å². The van der Waals surface area contributed by atoms with E-state index in [1.165, 1.54) is 11.0 Å². The lowest BCUT2D eigenvalue weighted by Crippen LogP contribution is -2.42. The summed E-state index contributed by atoms with van der Waals surface area (Å²) in [6.07, 6.45) is 0.706. The molecule has 7 nitrogen and oxygen atoms in total. The first-order valence-corrected chi connectivity index (χ1v) is 11.6. The Morgan fingerprint density at radius 3 is 2.65 bits per heavy atom. The summed E-state index contributed by atoms with van der Waals surface area (Å²) in [6, 6.07) is 10.2. The van der Waals surface area contributed by atoms with Crippen LogP contribution < -0.4 is 4.74 Å². The van der Waals surface area contributed by atoms with Crippen molar-refractivity contribution in [1.82, 2.24) is 9.80 Å². The van der Waals surface area contributed by atoms with Gasteiger partial charge in [-0.15, -0.1) is 0 Å². The number of hydrogen-bond acceptors (Lipinski definition) is 6.